The second-order valence-electron chi connectivity index (χ2n) is 10.6. The van der Waals surface area contributed by atoms with Gasteiger partial charge in [0.1, 0.15) is 17.7 Å². The molecule has 1 heterocycles. The minimum Gasteiger partial charge on any atom is -0.381 e. The maximum Gasteiger partial charge on any atom is 0.254 e. The van der Waals surface area contributed by atoms with Crippen LogP contribution in [0, 0.1) is 18.6 Å². The number of thioether (sulfide) groups is 1. The molecule has 7 nitrogen and oxygen atoms in total. The van der Waals surface area contributed by atoms with E-state index in [9.17, 15) is 28.3 Å². The summed E-state index contributed by atoms with van der Waals surface area (Å²) in [5, 5.41) is 16.8. The number of aryl methyl sites for hydroxylation is 1. The average molecular weight is 582 g/mol. The van der Waals surface area contributed by atoms with Gasteiger partial charge in [0, 0.05) is 17.4 Å². The van der Waals surface area contributed by atoms with Crippen molar-refractivity contribution in [1.29, 1.82) is 0 Å². The van der Waals surface area contributed by atoms with Crippen LogP contribution in [0.5, 0.6) is 0 Å². The standard InChI is InChI=1S/C31H33F2N3O4S/c1-19-9-7-8-12-21(19)17-34-29(39)27-31(2,3)41-18-36(27)30(40)26(37)25(15-20-10-5-4-6-11-20)35-28(38)23-14-13-22(32)16-24(23)33/h4-14,16,25-27,37H,15,17-18H2,1-3H3,(H,34,39)(H,35,38)/t25-,26-,27+/m0/s1. The fourth-order valence-electron chi connectivity index (χ4n) is 4.87. The molecule has 4 rings (SSSR count). The van der Waals surface area contributed by atoms with Crippen molar-refractivity contribution in [3.63, 3.8) is 0 Å². The molecule has 3 atom stereocenters. The summed E-state index contributed by atoms with van der Waals surface area (Å²) < 4.78 is 27.1. The first-order valence-electron chi connectivity index (χ1n) is 13.2. The molecule has 0 unspecified atom stereocenters. The number of amides is 3. The predicted octanol–water partition coefficient (Wildman–Crippen LogP) is 3.97. The molecular formula is C31H33F2N3O4S. The summed E-state index contributed by atoms with van der Waals surface area (Å²) in [4.78, 5) is 41.5. The normalized spacial score (nSPS) is 17.5. The topological polar surface area (TPSA) is 98.7 Å². The van der Waals surface area contributed by atoms with E-state index in [-0.39, 0.29) is 24.7 Å². The van der Waals surface area contributed by atoms with E-state index in [4.69, 9.17) is 0 Å². The second kappa shape index (κ2) is 12.8. The van der Waals surface area contributed by atoms with E-state index in [2.05, 4.69) is 10.6 Å². The zero-order chi connectivity index (χ0) is 29.7. The fourth-order valence-corrected chi connectivity index (χ4v) is 6.01. The van der Waals surface area contributed by atoms with Crippen LogP contribution in [-0.4, -0.2) is 56.5 Å². The summed E-state index contributed by atoms with van der Waals surface area (Å²) in [6.07, 6.45) is -1.69. The van der Waals surface area contributed by atoms with Gasteiger partial charge in [-0.05, 0) is 56.0 Å². The summed E-state index contributed by atoms with van der Waals surface area (Å²) in [6, 6.07) is 17.0. The van der Waals surface area contributed by atoms with Gasteiger partial charge in [0.25, 0.3) is 11.8 Å². The molecule has 3 aromatic carbocycles. The SMILES string of the molecule is Cc1ccccc1CNC(=O)[C@H]1N(C(=O)[C@@H](O)[C@H](Cc2ccccc2)NC(=O)c2ccc(F)cc2F)CSC1(C)C. The largest absolute Gasteiger partial charge is 0.381 e. The van der Waals surface area contributed by atoms with E-state index >= 15 is 0 Å². The molecule has 0 bridgehead atoms. The van der Waals surface area contributed by atoms with E-state index in [1.807, 2.05) is 45.0 Å². The van der Waals surface area contributed by atoms with E-state index in [0.717, 1.165) is 23.3 Å². The molecule has 1 aliphatic rings. The number of hydrogen-bond donors (Lipinski definition) is 3. The molecule has 10 heteroatoms. The lowest BCUT2D eigenvalue weighted by atomic mass is 9.96. The van der Waals surface area contributed by atoms with Crippen molar-refractivity contribution in [3.8, 4) is 0 Å². The Bertz CT molecular complexity index is 1420. The molecule has 0 saturated carbocycles. The van der Waals surface area contributed by atoms with Crippen molar-refractivity contribution in [2.45, 2.75) is 56.7 Å². The first-order chi connectivity index (χ1) is 19.5. The molecule has 1 fully saturated rings. The zero-order valence-corrected chi connectivity index (χ0v) is 23.9. The number of carbonyl (C=O) groups is 3. The van der Waals surface area contributed by atoms with Gasteiger partial charge < -0.3 is 20.6 Å². The van der Waals surface area contributed by atoms with Crippen LogP contribution in [0.15, 0.2) is 72.8 Å². The fraction of sp³-hybridized carbons (Fsp3) is 0.323. The number of aliphatic hydroxyl groups excluding tert-OH is 1. The molecule has 3 amide bonds. The quantitative estimate of drug-likeness (QED) is 0.355. The Labute approximate surface area is 242 Å². The summed E-state index contributed by atoms with van der Waals surface area (Å²) in [5.74, 6) is -3.75. The van der Waals surface area contributed by atoms with Crippen LogP contribution in [0.3, 0.4) is 0 Å². The Hall–Kier alpha value is -3.76. The Morgan fingerprint density at radius 1 is 1.05 bits per heavy atom. The van der Waals surface area contributed by atoms with Gasteiger partial charge in [0.05, 0.1) is 17.5 Å². The Kier molecular flexibility index (Phi) is 9.45. The summed E-state index contributed by atoms with van der Waals surface area (Å²) in [6.45, 7) is 5.94. The number of benzene rings is 3. The van der Waals surface area contributed by atoms with Crippen molar-refractivity contribution < 1.29 is 28.3 Å². The van der Waals surface area contributed by atoms with Crippen molar-refractivity contribution in [2.75, 3.05) is 5.88 Å². The lowest BCUT2D eigenvalue weighted by Crippen LogP contribution is -2.58. The monoisotopic (exact) mass is 581 g/mol. The van der Waals surface area contributed by atoms with Gasteiger partial charge in [0.15, 0.2) is 6.10 Å². The summed E-state index contributed by atoms with van der Waals surface area (Å²) in [5.41, 5.74) is 2.26. The smallest absolute Gasteiger partial charge is 0.254 e. The molecule has 0 radical (unpaired) electrons. The van der Waals surface area contributed by atoms with E-state index in [0.29, 0.717) is 11.6 Å². The van der Waals surface area contributed by atoms with Crippen molar-refractivity contribution in [1.82, 2.24) is 15.5 Å². The molecule has 0 aromatic heterocycles. The third-order valence-electron chi connectivity index (χ3n) is 7.22. The van der Waals surface area contributed by atoms with Gasteiger partial charge in [-0.15, -0.1) is 11.8 Å². The molecule has 0 spiro atoms. The van der Waals surface area contributed by atoms with Gasteiger partial charge in [-0.3, -0.25) is 14.4 Å². The number of nitrogens with zero attached hydrogens (tertiary/aromatic N) is 1. The highest BCUT2D eigenvalue weighted by molar-refractivity contribution is 8.00. The van der Waals surface area contributed by atoms with Gasteiger partial charge in [-0.2, -0.15) is 0 Å². The Morgan fingerprint density at radius 2 is 1.73 bits per heavy atom. The van der Waals surface area contributed by atoms with Crippen LogP contribution in [0.2, 0.25) is 0 Å². The minimum absolute atomic E-state index is 0.0524. The zero-order valence-electron chi connectivity index (χ0n) is 23.1. The third kappa shape index (κ3) is 7.12. The van der Waals surface area contributed by atoms with E-state index < -0.39 is 51.9 Å². The number of halogens is 2. The van der Waals surface area contributed by atoms with Crippen LogP contribution >= 0.6 is 11.8 Å². The van der Waals surface area contributed by atoms with Crippen LogP contribution in [0.1, 0.15) is 40.9 Å². The first kappa shape index (κ1) is 30.2. The van der Waals surface area contributed by atoms with Crippen molar-refractivity contribution in [2.24, 2.45) is 0 Å². The van der Waals surface area contributed by atoms with Gasteiger partial charge in [-0.1, -0.05) is 54.6 Å². The number of nitrogens with one attached hydrogen (secondary N) is 2. The Balaban J connectivity index is 1.55. The third-order valence-corrected chi connectivity index (χ3v) is 8.59. The number of carbonyl (C=O) groups excluding carboxylic acids is 3. The predicted molar refractivity (Wildman–Crippen MR) is 154 cm³/mol. The number of hydrogen-bond acceptors (Lipinski definition) is 5. The molecule has 0 aliphatic carbocycles. The van der Waals surface area contributed by atoms with E-state index in [1.54, 1.807) is 30.3 Å². The van der Waals surface area contributed by atoms with Crippen LogP contribution < -0.4 is 10.6 Å². The highest BCUT2D eigenvalue weighted by atomic mass is 32.2. The van der Waals surface area contributed by atoms with Crippen molar-refractivity contribution in [3.05, 3.63) is 107 Å². The van der Waals surface area contributed by atoms with Crippen LogP contribution in [-0.2, 0) is 22.6 Å². The maximum absolute atomic E-state index is 14.3. The van der Waals surface area contributed by atoms with E-state index in [1.165, 1.54) is 16.7 Å². The lowest BCUT2D eigenvalue weighted by Gasteiger charge is -2.33. The summed E-state index contributed by atoms with van der Waals surface area (Å²) in [7, 11) is 0. The molecule has 3 N–H and O–H groups in total. The molecule has 216 valence electrons. The molecule has 41 heavy (non-hydrogen) atoms. The highest BCUT2D eigenvalue weighted by Gasteiger charge is 2.49. The average Bonchev–Trinajstić information content (AvgIpc) is 3.26. The minimum atomic E-state index is -1.75. The molecule has 3 aromatic rings. The molecule has 1 saturated heterocycles. The Morgan fingerprint density at radius 3 is 2.41 bits per heavy atom. The van der Waals surface area contributed by atoms with Gasteiger partial charge >= 0.3 is 0 Å². The van der Waals surface area contributed by atoms with Gasteiger partial charge in [-0.25, -0.2) is 8.78 Å². The second-order valence-corrected chi connectivity index (χ2v) is 12.2. The van der Waals surface area contributed by atoms with Gasteiger partial charge in [0.2, 0.25) is 5.91 Å². The molecule has 1 aliphatic heterocycles. The maximum atomic E-state index is 14.3. The number of rotatable bonds is 9. The first-order valence-corrected chi connectivity index (χ1v) is 14.2. The van der Waals surface area contributed by atoms with Crippen LogP contribution in [0.25, 0.3) is 0 Å². The van der Waals surface area contributed by atoms with Crippen LogP contribution in [0.4, 0.5) is 8.78 Å². The highest BCUT2D eigenvalue weighted by Crippen LogP contribution is 2.40. The number of aliphatic hydroxyl groups is 1. The lowest BCUT2D eigenvalue weighted by molar-refractivity contribution is -0.147. The molecular weight excluding hydrogens is 548 g/mol. The summed E-state index contributed by atoms with van der Waals surface area (Å²) >= 11 is 1.41. The van der Waals surface area contributed by atoms with Crippen molar-refractivity contribution >= 4 is 29.5 Å².